The monoisotopic (exact) mass is 434 g/mol. The van der Waals surface area contributed by atoms with Gasteiger partial charge in [0.15, 0.2) is 11.5 Å². The number of likely N-dealkylation sites (tertiary alicyclic amines) is 1. The van der Waals surface area contributed by atoms with E-state index < -0.39 is 0 Å². The number of nitrogens with one attached hydrogen (secondary N) is 1. The van der Waals surface area contributed by atoms with Crippen LogP contribution in [0.3, 0.4) is 0 Å². The Kier molecular flexibility index (Phi) is 5.77. The van der Waals surface area contributed by atoms with E-state index in [1.165, 1.54) is 0 Å². The summed E-state index contributed by atoms with van der Waals surface area (Å²) in [6.07, 6.45) is 1.84. The zero-order valence-corrected chi connectivity index (χ0v) is 18.0. The van der Waals surface area contributed by atoms with Crippen LogP contribution < -0.4 is 14.8 Å². The van der Waals surface area contributed by atoms with Crippen molar-refractivity contribution >= 4 is 5.91 Å². The second-order valence-corrected chi connectivity index (χ2v) is 8.36. The highest BCUT2D eigenvalue weighted by atomic mass is 16.7. The topological polar surface area (TPSA) is 89.7 Å². The average molecular weight is 434 g/mol. The maximum Gasteiger partial charge on any atom is 0.241 e. The molecule has 0 bridgehead atoms. The van der Waals surface area contributed by atoms with Crippen LogP contribution in [0.4, 0.5) is 0 Å². The highest BCUT2D eigenvalue weighted by Gasteiger charge is 2.27. The van der Waals surface area contributed by atoms with Gasteiger partial charge in [-0.2, -0.15) is 4.98 Å². The summed E-state index contributed by atoms with van der Waals surface area (Å²) in [7, 11) is 0. The number of aromatic nitrogens is 2. The van der Waals surface area contributed by atoms with Gasteiger partial charge in [0, 0.05) is 18.7 Å². The minimum absolute atomic E-state index is 0.0584. The fourth-order valence-corrected chi connectivity index (χ4v) is 4.21. The van der Waals surface area contributed by atoms with E-state index in [0.29, 0.717) is 31.3 Å². The zero-order chi connectivity index (χ0) is 21.9. The van der Waals surface area contributed by atoms with Gasteiger partial charge in [0.25, 0.3) is 0 Å². The van der Waals surface area contributed by atoms with E-state index in [2.05, 4.69) is 20.4 Å². The van der Waals surface area contributed by atoms with Gasteiger partial charge in [0.05, 0.1) is 12.5 Å². The first-order valence-corrected chi connectivity index (χ1v) is 10.9. The SMILES string of the molecule is Cc1cccc(-c2noc(CN3CCCC(C(=O)NCc4ccc5c(c4)OCO5)C3)n2)c1. The molecule has 1 fully saturated rings. The number of hydrogen-bond acceptors (Lipinski definition) is 7. The molecule has 1 amide bonds. The fourth-order valence-electron chi connectivity index (χ4n) is 4.21. The van der Waals surface area contributed by atoms with Crippen molar-refractivity contribution < 1.29 is 18.8 Å². The van der Waals surface area contributed by atoms with Crippen molar-refractivity contribution in [3.8, 4) is 22.9 Å². The third-order valence-corrected chi connectivity index (χ3v) is 5.88. The Morgan fingerprint density at radius 1 is 1.19 bits per heavy atom. The van der Waals surface area contributed by atoms with Gasteiger partial charge in [0.1, 0.15) is 0 Å². The quantitative estimate of drug-likeness (QED) is 0.637. The lowest BCUT2D eigenvalue weighted by molar-refractivity contribution is -0.127. The third kappa shape index (κ3) is 4.60. The lowest BCUT2D eigenvalue weighted by Crippen LogP contribution is -2.42. The van der Waals surface area contributed by atoms with Crippen LogP contribution in [0.25, 0.3) is 11.4 Å². The van der Waals surface area contributed by atoms with Crippen molar-refractivity contribution in [2.24, 2.45) is 5.92 Å². The summed E-state index contributed by atoms with van der Waals surface area (Å²) in [5.41, 5.74) is 3.09. The molecule has 2 aromatic carbocycles. The predicted octanol–water partition coefficient (Wildman–Crippen LogP) is 3.30. The van der Waals surface area contributed by atoms with Gasteiger partial charge in [-0.1, -0.05) is 35.0 Å². The minimum Gasteiger partial charge on any atom is -0.454 e. The number of rotatable bonds is 6. The first-order valence-electron chi connectivity index (χ1n) is 10.9. The van der Waals surface area contributed by atoms with E-state index in [4.69, 9.17) is 14.0 Å². The molecule has 8 nitrogen and oxygen atoms in total. The standard InChI is InChI=1S/C24H26N4O4/c1-16-4-2-5-18(10-16)23-26-22(32-27-23)14-28-9-3-6-19(13-28)24(29)25-12-17-7-8-20-21(11-17)31-15-30-20/h2,4-5,7-8,10-11,19H,3,6,9,12-15H2,1H3,(H,25,29). The maximum atomic E-state index is 12.8. The minimum atomic E-state index is -0.0584. The molecule has 0 saturated carbocycles. The normalized spacial score (nSPS) is 18.0. The number of hydrogen-bond donors (Lipinski definition) is 1. The molecule has 1 unspecified atom stereocenters. The summed E-state index contributed by atoms with van der Waals surface area (Å²) >= 11 is 0. The van der Waals surface area contributed by atoms with Crippen LogP contribution in [0.2, 0.25) is 0 Å². The molecule has 1 atom stereocenters. The summed E-state index contributed by atoms with van der Waals surface area (Å²) in [4.78, 5) is 19.5. The van der Waals surface area contributed by atoms with E-state index in [-0.39, 0.29) is 18.6 Å². The largest absolute Gasteiger partial charge is 0.454 e. The van der Waals surface area contributed by atoms with E-state index in [9.17, 15) is 4.79 Å². The molecule has 0 radical (unpaired) electrons. The summed E-state index contributed by atoms with van der Waals surface area (Å²) in [5.74, 6) is 2.65. The molecule has 0 aliphatic carbocycles. The number of fused-ring (bicyclic) bond motifs is 1. The van der Waals surface area contributed by atoms with Gasteiger partial charge in [0.2, 0.25) is 24.4 Å². The van der Waals surface area contributed by atoms with Crippen LogP contribution in [0.15, 0.2) is 47.0 Å². The predicted molar refractivity (Wildman–Crippen MR) is 117 cm³/mol. The molecule has 8 heteroatoms. The Bertz CT molecular complexity index is 1110. The Hall–Kier alpha value is -3.39. The lowest BCUT2D eigenvalue weighted by atomic mass is 9.97. The van der Waals surface area contributed by atoms with Crippen molar-refractivity contribution in [3.05, 3.63) is 59.5 Å². The van der Waals surface area contributed by atoms with Gasteiger partial charge in [-0.3, -0.25) is 9.69 Å². The fraction of sp³-hybridized carbons (Fsp3) is 0.375. The summed E-state index contributed by atoms with van der Waals surface area (Å²) in [5, 5.41) is 7.19. The van der Waals surface area contributed by atoms with E-state index in [0.717, 1.165) is 47.6 Å². The Labute approximate surface area is 186 Å². The molecule has 2 aliphatic rings. The van der Waals surface area contributed by atoms with Crippen molar-refractivity contribution in [2.45, 2.75) is 32.9 Å². The molecule has 1 N–H and O–H groups in total. The molecule has 2 aliphatic heterocycles. The van der Waals surface area contributed by atoms with Gasteiger partial charge in [-0.15, -0.1) is 0 Å². The lowest BCUT2D eigenvalue weighted by Gasteiger charge is -2.30. The number of benzene rings is 2. The second-order valence-electron chi connectivity index (χ2n) is 8.36. The van der Waals surface area contributed by atoms with Gasteiger partial charge in [-0.25, -0.2) is 0 Å². The highest BCUT2D eigenvalue weighted by molar-refractivity contribution is 5.79. The molecule has 1 saturated heterocycles. The molecule has 1 aromatic heterocycles. The number of aryl methyl sites for hydroxylation is 1. The van der Waals surface area contributed by atoms with Crippen molar-refractivity contribution in [3.63, 3.8) is 0 Å². The number of piperidine rings is 1. The van der Waals surface area contributed by atoms with Crippen molar-refractivity contribution in [1.29, 1.82) is 0 Å². The average Bonchev–Trinajstić information content (AvgIpc) is 3.47. The summed E-state index contributed by atoms with van der Waals surface area (Å²) < 4.78 is 16.2. The molecule has 3 heterocycles. The third-order valence-electron chi connectivity index (χ3n) is 5.88. The van der Waals surface area contributed by atoms with E-state index >= 15 is 0 Å². The van der Waals surface area contributed by atoms with Crippen LogP contribution in [0, 0.1) is 12.8 Å². The van der Waals surface area contributed by atoms with Crippen LogP contribution in [-0.4, -0.2) is 40.8 Å². The van der Waals surface area contributed by atoms with Crippen LogP contribution in [0.5, 0.6) is 11.5 Å². The Morgan fingerprint density at radius 2 is 2.09 bits per heavy atom. The molecule has 32 heavy (non-hydrogen) atoms. The van der Waals surface area contributed by atoms with Gasteiger partial charge in [-0.05, 0) is 50.1 Å². The van der Waals surface area contributed by atoms with E-state index in [1.807, 2.05) is 49.4 Å². The van der Waals surface area contributed by atoms with E-state index in [1.54, 1.807) is 0 Å². The number of carbonyl (C=O) groups excluding carboxylic acids is 1. The zero-order valence-electron chi connectivity index (χ0n) is 18.0. The molecule has 0 spiro atoms. The number of nitrogens with zero attached hydrogens (tertiary/aromatic N) is 3. The van der Waals surface area contributed by atoms with Crippen molar-refractivity contribution in [2.75, 3.05) is 19.9 Å². The smallest absolute Gasteiger partial charge is 0.241 e. The number of carbonyl (C=O) groups is 1. The van der Waals surface area contributed by atoms with Crippen LogP contribution in [-0.2, 0) is 17.9 Å². The van der Waals surface area contributed by atoms with Gasteiger partial charge < -0.3 is 19.3 Å². The summed E-state index contributed by atoms with van der Waals surface area (Å²) in [6.45, 7) is 4.88. The first-order chi connectivity index (χ1) is 15.6. The first kappa shape index (κ1) is 20.5. The highest BCUT2D eigenvalue weighted by Crippen LogP contribution is 2.32. The molecule has 5 rings (SSSR count). The molecule has 3 aromatic rings. The van der Waals surface area contributed by atoms with Crippen molar-refractivity contribution in [1.82, 2.24) is 20.4 Å². The van der Waals surface area contributed by atoms with Crippen LogP contribution >= 0.6 is 0 Å². The molecular weight excluding hydrogens is 408 g/mol. The van der Waals surface area contributed by atoms with Gasteiger partial charge >= 0.3 is 0 Å². The summed E-state index contributed by atoms with van der Waals surface area (Å²) in [6, 6.07) is 13.8. The Balaban J connectivity index is 1.15. The molecular formula is C24H26N4O4. The Morgan fingerprint density at radius 3 is 3.00 bits per heavy atom. The van der Waals surface area contributed by atoms with Crippen LogP contribution in [0.1, 0.15) is 29.9 Å². The number of amides is 1. The second kappa shape index (κ2) is 9.00. The maximum absolute atomic E-state index is 12.8. The molecule has 166 valence electrons. The number of ether oxygens (including phenoxy) is 2.